The minimum absolute atomic E-state index is 0.00502. The maximum absolute atomic E-state index is 13.5. The minimum Gasteiger partial charge on any atom is -0.483 e. The first kappa shape index (κ1) is 17.9. The minimum atomic E-state index is -0.515. The highest BCUT2D eigenvalue weighted by Gasteiger charge is 2.53. The molecule has 1 saturated carbocycles. The highest BCUT2D eigenvalue weighted by Crippen LogP contribution is 2.49. The van der Waals surface area contributed by atoms with E-state index in [1.807, 2.05) is 42.6 Å². The molecule has 0 N–H and O–H groups in total. The number of alkyl halides is 1. The highest BCUT2D eigenvalue weighted by atomic mass is 35.5. The lowest BCUT2D eigenvalue weighted by molar-refractivity contribution is -0.131. The third-order valence-corrected chi connectivity index (χ3v) is 7.07. The van der Waals surface area contributed by atoms with E-state index in [0.717, 1.165) is 17.7 Å². The van der Waals surface area contributed by atoms with Gasteiger partial charge in [-0.25, -0.2) is 4.98 Å². The SMILES string of the molecule is Cc1csc(N2C(=O)C3=C(C(=O)C4CC(Cl)CCC4O3)C2c2ccccc2)n1. The highest BCUT2D eigenvalue weighted by molar-refractivity contribution is 7.14. The monoisotopic (exact) mass is 414 g/mol. The van der Waals surface area contributed by atoms with E-state index in [4.69, 9.17) is 16.3 Å². The Morgan fingerprint density at radius 1 is 1.21 bits per heavy atom. The van der Waals surface area contributed by atoms with Gasteiger partial charge in [0.05, 0.1) is 23.2 Å². The van der Waals surface area contributed by atoms with Crippen molar-refractivity contribution in [3.8, 4) is 0 Å². The molecule has 0 spiro atoms. The molecule has 144 valence electrons. The Morgan fingerprint density at radius 2 is 2.00 bits per heavy atom. The molecule has 1 aromatic heterocycles. The average Bonchev–Trinajstić information content (AvgIpc) is 3.24. The molecule has 1 aliphatic carbocycles. The fraction of sp³-hybridized carbons (Fsp3) is 0.381. The molecule has 4 atom stereocenters. The first-order valence-electron chi connectivity index (χ1n) is 9.44. The van der Waals surface area contributed by atoms with E-state index in [1.165, 1.54) is 11.3 Å². The number of ether oxygens (including phenoxy) is 1. The van der Waals surface area contributed by atoms with Crippen molar-refractivity contribution in [1.29, 1.82) is 0 Å². The predicted octanol–water partition coefficient (Wildman–Crippen LogP) is 4.17. The number of thiazole rings is 1. The van der Waals surface area contributed by atoms with E-state index in [9.17, 15) is 9.59 Å². The van der Waals surface area contributed by atoms with Crippen molar-refractivity contribution in [3.63, 3.8) is 0 Å². The van der Waals surface area contributed by atoms with Crippen LogP contribution in [0.3, 0.4) is 0 Å². The van der Waals surface area contributed by atoms with Crippen molar-refractivity contribution in [2.24, 2.45) is 5.92 Å². The van der Waals surface area contributed by atoms with E-state index < -0.39 is 6.04 Å². The summed E-state index contributed by atoms with van der Waals surface area (Å²) in [6, 6.07) is 9.10. The summed E-state index contributed by atoms with van der Waals surface area (Å²) >= 11 is 7.75. The van der Waals surface area contributed by atoms with Gasteiger partial charge >= 0.3 is 0 Å². The average molecular weight is 415 g/mol. The molecule has 0 saturated heterocycles. The van der Waals surface area contributed by atoms with Crippen molar-refractivity contribution < 1.29 is 14.3 Å². The van der Waals surface area contributed by atoms with Crippen LogP contribution in [0.4, 0.5) is 5.13 Å². The number of Topliss-reactive ketones (excluding diaryl/α,β-unsaturated/α-hetero) is 1. The number of aromatic nitrogens is 1. The van der Waals surface area contributed by atoms with Crippen LogP contribution in [0.15, 0.2) is 47.0 Å². The van der Waals surface area contributed by atoms with Crippen LogP contribution in [0.2, 0.25) is 0 Å². The lowest BCUT2D eigenvalue weighted by Gasteiger charge is -2.37. The summed E-state index contributed by atoms with van der Waals surface area (Å²) in [5.41, 5.74) is 2.17. The van der Waals surface area contributed by atoms with Gasteiger partial charge in [-0.2, -0.15) is 0 Å². The van der Waals surface area contributed by atoms with Gasteiger partial charge in [0.25, 0.3) is 5.91 Å². The van der Waals surface area contributed by atoms with Crippen molar-refractivity contribution >= 4 is 39.8 Å². The smallest absolute Gasteiger partial charge is 0.296 e. The summed E-state index contributed by atoms with van der Waals surface area (Å²) in [6.07, 6.45) is 1.82. The molecule has 5 rings (SSSR count). The van der Waals surface area contributed by atoms with Crippen LogP contribution in [0.1, 0.15) is 36.6 Å². The zero-order valence-electron chi connectivity index (χ0n) is 15.3. The Balaban J connectivity index is 1.64. The zero-order chi connectivity index (χ0) is 19.4. The molecule has 4 unspecified atom stereocenters. The van der Waals surface area contributed by atoms with Gasteiger partial charge < -0.3 is 4.74 Å². The maximum atomic E-state index is 13.5. The number of carbonyl (C=O) groups excluding carboxylic acids is 2. The normalized spacial score (nSPS) is 29.6. The number of benzene rings is 1. The van der Waals surface area contributed by atoms with Crippen LogP contribution >= 0.6 is 22.9 Å². The number of fused-ring (bicyclic) bond motifs is 1. The number of aryl methyl sites for hydroxylation is 1. The van der Waals surface area contributed by atoms with Crippen LogP contribution in [0.25, 0.3) is 0 Å². The lowest BCUT2D eigenvalue weighted by Crippen LogP contribution is -2.41. The molecular formula is C21H19ClN2O3S. The topological polar surface area (TPSA) is 59.5 Å². The maximum Gasteiger partial charge on any atom is 0.296 e. The second-order valence-corrected chi connectivity index (χ2v) is 8.99. The van der Waals surface area contributed by atoms with Crippen LogP contribution in [0, 0.1) is 12.8 Å². The van der Waals surface area contributed by atoms with E-state index >= 15 is 0 Å². The Bertz CT molecular complexity index is 987. The summed E-state index contributed by atoms with van der Waals surface area (Å²) in [5.74, 6) is -0.374. The van der Waals surface area contributed by atoms with Gasteiger partial charge in [0.15, 0.2) is 16.7 Å². The number of rotatable bonds is 2. The van der Waals surface area contributed by atoms with Gasteiger partial charge in [-0.1, -0.05) is 30.3 Å². The molecule has 3 heterocycles. The van der Waals surface area contributed by atoms with Gasteiger partial charge in [-0.15, -0.1) is 22.9 Å². The number of hydrogen-bond acceptors (Lipinski definition) is 5. The third kappa shape index (κ3) is 2.70. The lowest BCUT2D eigenvalue weighted by atomic mass is 9.77. The molecule has 3 aliphatic rings. The Hall–Kier alpha value is -2.18. The molecule has 1 fully saturated rings. The van der Waals surface area contributed by atoms with E-state index in [1.54, 1.807) is 4.90 Å². The summed E-state index contributed by atoms with van der Waals surface area (Å²) in [7, 11) is 0. The van der Waals surface area contributed by atoms with Crippen LogP contribution in [0.5, 0.6) is 0 Å². The quantitative estimate of drug-likeness (QED) is 0.692. The molecule has 1 aromatic carbocycles. The molecule has 5 nitrogen and oxygen atoms in total. The molecule has 2 aromatic rings. The number of carbonyl (C=O) groups is 2. The fourth-order valence-electron chi connectivity index (χ4n) is 4.42. The van der Waals surface area contributed by atoms with Crippen molar-refractivity contribution in [3.05, 3.63) is 58.3 Å². The van der Waals surface area contributed by atoms with E-state index in [-0.39, 0.29) is 34.8 Å². The molecular weight excluding hydrogens is 396 g/mol. The van der Waals surface area contributed by atoms with Crippen molar-refractivity contribution in [2.75, 3.05) is 4.90 Å². The Labute approximate surface area is 172 Å². The number of hydrogen-bond donors (Lipinski definition) is 0. The van der Waals surface area contributed by atoms with Gasteiger partial charge in [-0.3, -0.25) is 14.5 Å². The Morgan fingerprint density at radius 3 is 2.71 bits per heavy atom. The zero-order valence-corrected chi connectivity index (χ0v) is 16.9. The van der Waals surface area contributed by atoms with Crippen LogP contribution < -0.4 is 4.90 Å². The number of ketones is 1. The van der Waals surface area contributed by atoms with Crippen LogP contribution in [-0.4, -0.2) is 28.2 Å². The van der Waals surface area contributed by atoms with Gasteiger partial charge in [-0.05, 0) is 31.7 Å². The summed E-state index contributed by atoms with van der Waals surface area (Å²) < 4.78 is 6.14. The van der Waals surface area contributed by atoms with Gasteiger partial charge in [0.1, 0.15) is 6.10 Å². The number of nitrogens with zero attached hydrogens (tertiary/aromatic N) is 2. The summed E-state index contributed by atoms with van der Waals surface area (Å²) in [6.45, 7) is 1.89. The predicted molar refractivity (Wildman–Crippen MR) is 107 cm³/mol. The molecule has 0 bridgehead atoms. The largest absolute Gasteiger partial charge is 0.483 e. The molecule has 7 heteroatoms. The van der Waals surface area contributed by atoms with Crippen LogP contribution in [-0.2, 0) is 14.3 Å². The molecule has 2 aliphatic heterocycles. The number of anilines is 1. The first-order chi connectivity index (χ1) is 13.5. The van der Waals surface area contributed by atoms with Crippen molar-refractivity contribution in [2.45, 2.75) is 43.7 Å². The first-order valence-corrected chi connectivity index (χ1v) is 10.8. The van der Waals surface area contributed by atoms with Gasteiger partial charge in [0.2, 0.25) is 0 Å². The molecule has 0 radical (unpaired) electrons. The standard InChI is InChI=1S/C21H19ClN2O3S/c1-11-10-28-21(23-11)24-17(12-5-3-2-4-6-12)16-18(25)14-9-13(22)7-8-15(14)27-19(16)20(24)26/h2-6,10,13-15,17H,7-9H2,1H3. The van der Waals surface area contributed by atoms with E-state index in [0.29, 0.717) is 23.5 Å². The molecule has 28 heavy (non-hydrogen) atoms. The van der Waals surface area contributed by atoms with E-state index in [2.05, 4.69) is 4.98 Å². The number of amides is 1. The Kier molecular flexibility index (Phi) is 4.29. The van der Waals surface area contributed by atoms with Crippen molar-refractivity contribution in [1.82, 2.24) is 4.98 Å². The second kappa shape index (κ2) is 6.71. The third-order valence-electron chi connectivity index (χ3n) is 5.71. The molecule has 1 amide bonds. The summed E-state index contributed by atoms with van der Waals surface area (Å²) in [5, 5.41) is 2.46. The summed E-state index contributed by atoms with van der Waals surface area (Å²) in [4.78, 5) is 33.0. The number of halogens is 1. The van der Waals surface area contributed by atoms with Gasteiger partial charge in [0, 0.05) is 10.8 Å². The fourth-order valence-corrected chi connectivity index (χ4v) is 5.56. The second-order valence-electron chi connectivity index (χ2n) is 7.54.